The molecule has 3 heteroatoms. The molecular weight excluding hydrogens is 248 g/mol. The summed E-state index contributed by atoms with van der Waals surface area (Å²) in [6, 6.07) is 0.664. The Labute approximate surface area is 126 Å². The summed E-state index contributed by atoms with van der Waals surface area (Å²) in [7, 11) is 0. The standard InChI is InChI=1S/C17H36N2O/c1-7-17(6)13-19(8-9-20-12-15(4)5)16(11-18-17)10-14(2)3/h14-16,18H,7-13H2,1-6H3. The molecule has 0 spiro atoms. The molecule has 0 aromatic carbocycles. The first-order chi connectivity index (χ1) is 9.36. The van der Waals surface area contributed by atoms with E-state index in [1.165, 1.54) is 12.8 Å². The van der Waals surface area contributed by atoms with Crippen LogP contribution in [0.15, 0.2) is 0 Å². The average molecular weight is 284 g/mol. The lowest BCUT2D eigenvalue weighted by Crippen LogP contribution is -2.63. The van der Waals surface area contributed by atoms with Crippen molar-refractivity contribution in [3.8, 4) is 0 Å². The van der Waals surface area contributed by atoms with Crippen LogP contribution in [-0.4, -0.2) is 49.3 Å². The lowest BCUT2D eigenvalue weighted by atomic mass is 9.91. The van der Waals surface area contributed by atoms with E-state index in [2.05, 4.69) is 51.8 Å². The smallest absolute Gasteiger partial charge is 0.0593 e. The predicted octanol–water partition coefficient (Wildman–Crippen LogP) is 3.15. The zero-order chi connectivity index (χ0) is 15.2. The SMILES string of the molecule is CCC1(C)CN(CCOCC(C)C)C(CC(C)C)CN1. The highest BCUT2D eigenvalue weighted by Gasteiger charge is 2.34. The van der Waals surface area contributed by atoms with Crippen molar-refractivity contribution < 1.29 is 4.74 Å². The molecule has 0 amide bonds. The molecule has 1 fully saturated rings. The second-order valence-electron chi connectivity index (χ2n) is 7.52. The molecule has 0 radical (unpaired) electrons. The van der Waals surface area contributed by atoms with Crippen LogP contribution in [0.4, 0.5) is 0 Å². The minimum atomic E-state index is 0.269. The Bertz CT molecular complexity index is 268. The molecule has 1 saturated heterocycles. The van der Waals surface area contributed by atoms with Gasteiger partial charge in [-0.05, 0) is 31.6 Å². The molecule has 3 nitrogen and oxygen atoms in total. The minimum Gasteiger partial charge on any atom is -0.380 e. The molecule has 0 saturated carbocycles. The monoisotopic (exact) mass is 284 g/mol. The molecule has 0 bridgehead atoms. The predicted molar refractivity (Wildman–Crippen MR) is 87.2 cm³/mol. The zero-order valence-electron chi connectivity index (χ0n) is 14.5. The van der Waals surface area contributed by atoms with Crippen LogP contribution < -0.4 is 5.32 Å². The maximum Gasteiger partial charge on any atom is 0.0593 e. The molecule has 20 heavy (non-hydrogen) atoms. The summed E-state index contributed by atoms with van der Waals surface area (Å²) in [5.74, 6) is 1.39. The molecular formula is C17H36N2O. The maximum atomic E-state index is 5.79. The molecule has 2 unspecified atom stereocenters. The van der Waals surface area contributed by atoms with Crippen LogP contribution in [-0.2, 0) is 4.74 Å². The summed E-state index contributed by atoms with van der Waals surface area (Å²) in [5.41, 5.74) is 0.269. The number of rotatable bonds is 8. The first kappa shape index (κ1) is 17.9. The third-order valence-electron chi connectivity index (χ3n) is 4.33. The van der Waals surface area contributed by atoms with Crippen molar-refractivity contribution in [1.82, 2.24) is 10.2 Å². The average Bonchev–Trinajstić information content (AvgIpc) is 2.37. The Balaban J connectivity index is 2.48. The summed E-state index contributed by atoms with van der Waals surface area (Å²) in [5, 5.41) is 3.76. The van der Waals surface area contributed by atoms with Gasteiger partial charge in [-0.1, -0.05) is 34.6 Å². The third-order valence-corrected chi connectivity index (χ3v) is 4.33. The molecule has 120 valence electrons. The summed E-state index contributed by atoms with van der Waals surface area (Å²) in [4.78, 5) is 2.65. The molecule has 1 heterocycles. The molecule has 0 aromatic rings. The van der Waals surface area contributed by atoms with E-state index < -0.39 is 0 Å². The lowest BCUT2D eigenvalue weighted by Gasteiger charge is -2.46. The van der Waals surface area contributed by atoms with Crippen molar-refractivity contribution in [3.63, 3.8) is 0 Å². The van der Waals surface area contributed by atoms with Gasteiger partial charge in [0.15, 0.2) is 0 Å². The topological polar surface area (TPSA) is 24.5 Å². The van der Waals surface area contributed by atoms with Gasteiger partial charge in [-0.2, -0.15) is 0 Å². The van der Waals surface area contributed by atoms with Gasteiger partial charge in [-0.15, -0.1) is 0 Å². The fraction of sp³-hybridized carbons (Fsp3) is 1.00. The van der Waals surface area contributed by atoms with Crippen LogP contribution in [0.5, 0.6) is 0 Å². The van der Waals surface area contributed by atoms with E-state index in [0.717, 1.165) is 38.8 Å². The molecule has 0 aliphatic carbocycles. The first-order valence-electron chi connectivity index (χ1n) is 8.43. The normalized spacial score (nSPS) is 28.5. The molecule has 0 aromatic heterocycles. The van der Waals surface area contributed by atoms with Crippen molar-refractivity contribution in [1.29, 1.82) is 0 Å². The third kappa shape index (κ3) is 6.11. The van der Waals surface area contributed by atoms with Crippen LogP contribution in [0, 0.1) is 11.8 Å². The van der Waals surface area contributed by atoms with Crippen molar-refractivity contribution in [2.45, 2.75) is 66.0 Å². The van der Waals surface area contributed by atoms with Crippen molar-refractivity contribution in [2.75, 3.05) is 32.8 Å². The Hall–Kier alpha value is -0.120. The second kappa shape index (κ2) is 8.35. The molecule has 1 rings (SSSR count). The Morgan fingerprint density at radius 1 is 1.25 bits per heavy atom. The van der Waals surface area contributed by atoms with Gasteiger partial charge in [0.25, 0.3) is 0 Å². The summed E-state index contributed by atoms with van der Waals surface area (Å²) in [6.45, 7) is 18.8. The van der Waals surface area contributed by atoms with Gasteiger partial charge in [0.2, 0.25) is 0 Å². The van der Waals surface area contributed by atoms with Gasteiger partial charge in [0.1, 0.15) is 0 Å². The number of hydrogen-bond donors (Lipinski definition) is 1. The van der Waals surface area contributed by atoms with Gasteiger partial charge >= 0.3 is 0 Å². The minimum absolute atomic E-state index is 0.269. The van der Waals surface area contributed by atoms with E-state index >= 15 is 0 Å². The fourth-order valence-corrected chi connectivity index (χ4v) is 2.90. The summed E-state index contributed by atoms with van der Waals surface area (Å²) >= 11 is 0. The Morgan fingerprint density at radius 2 is 1.95 bits per heavy atom. The maximum absolute atomic E-state index is 5.79. The van der Waals surface area contributed by atoms with Crippen LogP contribution in [0.2, 0.25) is 0 Å². The Kier molecular flexibility index (Phi) is 7.49. The van der Waals surface area contributed by atoms with E-state index in [1.807, 2.05) is 0 Å². The summed E-state index contributed by atoms with van der Waals surface area (Å²) in [6.07, 6.45) is 2.46. The number of nitrogens with one attached hydrogen (secondary N) is 1. The van der Waals surface area contributed by atoms with Gasteiger partial charge in [-0.25, -0.2) is 0 Å². The summed E-state index contributed by atoms with van der Waals surface area (Å²) < 4.78 is 5.79. The number of nitrogens with zero attached hydrogens (tertiary/aromatic N) is 1. The number of hydrogen-bond acceptors (Lipinski definition) is 3. The Morgan fingerprint density at radius 3 is 2.50 bits per heavy atom. The van der Waals surface area contributed by atoms with Crippen molar-refractivity contribution in [3.05, 3.63) is 0 Å². The van der Waals surface area contributed by atoms with E-state index in [1.54, 1.807) is 0 Å². The molecule has 1 N–H and O–H groups in total. The lowest BCUT2D eigenvalue weighted by molar-refractivity contribution is 0.0309. The van der Waals surface area contributed by atoms with E-state index in [9.17, 15) is 0 Å². The molecule has 1 aliphatic heterocycles. The molecule has 2 atom stereocenters. The number of piperazine rings is 1. The van der Waals surface area contributed by atoms with Crippen LogP contribution in [0.1, 0.15) is 54.4 Å². The van der Waals surface area contributed by atoms with Crippen LogP contribution in [0.25, 0.3) is 0 Å². The largest absolute Gasteiger partial charge is 0.380 e. The van der Waals surface area contributed by atoms with Crippen LogP contribution >= 0.6 is 0 Å². The van der Waals surface area contributed by atoms with E-state index in [4.69, 9.17) is 4.74 Å². The second-order valence-corrected chi connectivity index (χ2v) is 7.52. The van der Waals surface area contributed by atoms with Gasteiger partial charge in [0, 0.05) is 37.8 Å². The highest BCUT2D eigenvalue weighted by Crippen LogP contribution is 2.22. The van der Waals surface area contributed by atoms with Gasteiger partial charge in [-0.3, -0.25) is 4.90 Å². The van der Waals surface area contributed by atoms with E-state index in [-0.39, 0.29) is 5.54 Å². The van der Waals surface area contributed by atoms with Crippen molar-refractivity contribution in [2.24, 2.45) is 11.8 Å². The van der Waals surface area contributed by atoms with Crippen molar-refractivity contribution >= 4 is 0 Å². The molecule has 1 aliphatic rings. The zero-order valence-corrected chi connectivity index (χ0v) is 14.5. The fourth-order valence-electron chi connectivity index (χ4n) is 2.90. The quantitative estimate of drug-likeness (QED) is 0.693. The van der Waals surface area contributed by atoms with E-state index in [0.29, 0.717) is 12.0 Å². The van der Waals surface area contributed by atoms with Gasteiger partial charge < -0.3 is 10.1 Å². The van der Waals surface area contributed by atoms with Gasteiger partial charge in [0.05, 0.1) is 6.61 Å². The van der Waals surface area contributed by atoms with Crippen LogP contribution in [0.3, 0.4) is 0 Å². The first-order valence-corrected chi connectivity index (χ1v) is 8.43. The highest BCUT2D eigenvalue weighted by molar-refractivity contribution is 4.94. The highest BCUT2D eigenvalue weighted by atomic mass is 16.5. The number of ether oxygens (including phenoxy) is 1.